The van der Waals surface area contributed by atoms with Gasteiger partial charge in [0.05, 0.1) is 13.0 Å². The molecule has 23 heavy (non-hydrogen) atoms. The molecule has 4 heteroatoms. The van der Waals surface area contributed by atoms with E-state index in [1.54, 1.807) is 0 Å². The normalized spacial score (nSPS) is 19.5. The molecule has 0 saturated carbocycles. The fourth-order valence-corrected chi connectivity index (χ4v) is 3.22. The van der Waals surface area contributed by atoms with Crippen molar-refractivity contribution in [2.24, 2.45) is 11.7 Å². The standard InChI is InChI=1S/C19H30N2O2/c1-13-10-14(2)15(3)18(11-13)23-9-7-19(22)21-8-5-6-17(12-21)16(4)20/h10-11,16-17H,5-9,12,20H2,1-4H3. The van der Waals surface area contributed by atoms with Gasteiger partial charge in [0.2, 0.25) is 5.91 Å². The van der Waals surface area contributed by atoms with Crippen molar-refractivity contribution in [1.82, 2.24) is 4.90 Å². The first-order valence-electron chi connectivity index (χ1n) is 8.62. The monoisotopic (exact) mass is 318 g/mol. The van der Waals surface area contributed by atoms with Gasteiger partial charge in [-0.15, -0.1) is 0 Å². The Labute approximate surface area is 140 Å². The van der Waals surface area contributed by atoms with Gasteiger partial charge in [-0.3, -0.25) is 4.79 Å². The van der Waals surface area contributed by atoms with E-state index in [4.69, 9.17) is 10.5 Å². The summed E-state index contributed by atoms with van der Waals surface area (Å²) in [6.45, 7) is 10.3. The number of nitrogens with two attached hydrogens (primary N) is 1. The Balaban J connectivity index is 1.85. The molecule has 1 saturated heterocycles. The summed E-state index contributed by atoms with van der Waals surface area (Å²) in [6.07, 6.45) is 2.60. The second-order valence-corrected chi connectivity index (χ2v) is 6.90. The minimum Gasteiger partial charge on any atom is -0.493 e. The summed E-state index contributed by atoms with van der Waals surface area (Å²) in [4.78, 5) is 14.3. The molecule has 0 aromatic heterocycles. The van der Waals surface area contributed by atoms with Gasteiger partial charge in [0.25, 0.3) is 0 Å². The van der Waals surface area contributed by atoms with Crippen molar-refractivity contribution in [3.05, 3.63) is 28.8 Å². The second kappa shape index (κ2) is 7.82. The Morgan fingerprint density at radius 3 is 2.83 bits per heavy atom. The van der Waals surface area contributed by atoms with Crippen LogP contribution in [0.4, 0.5) is 0 Å². The number of piperidine rings is 1. The predicted molar refractivity (Wildman–Crippen MR) is 93.7 cm³/mol. The summed E-state index contributed by atoms with van der Waals surface area (Å²) < 4.78 is 5.86. The van der Waals surface area contributed by atoms with Crippen LogP contribution in [0.2, 0.25) is 0 Å². The minimum atomic E-state index is 0.153. The highest BCUT2D eigenvalue weighted by atomic mass is 16.5. The molecule has 0 radical (unpaired) electrons. The number of benzene rings is 1. The van der Waals surface area contributed by atoms with Crippen LogP contribution in [0.1, 0.15) is 42.9 Å². The SMILES string of the molecule is Cc1cc(C)c(C)c(OCCC(=O)N2CCCC(C(C)N)C2)c1. The topological polar surface area (TPSA) is 55.6 Å². The number of rotatable bonds is 5. The van der Waals surface area contributed by atoms with E-state index < -0.39 is 0 Å². The second-order valence-electron chi connectivity index (χ2n) is 6.90. The van der Waals surface area contributed by atoms with Crippen molar-refractivity contribution in [1.29, 1.82) is 0 Å². The Bertz CT molecular complexity index is 555. The van der Waals surface area contributed by atoms with Gasteiger partial charge in [-0.05, 0) is 69.2 Å². The van der Waals surface area contributed by atoms with Crippen LogP contribution in [0.15, 0.2) is 12.1 Å². The number of hydrogen-bond acceptors (Lipinski definition) is 3. The van der Waals surface area contributed by atoms with Gasteiger partial charge in [-0.1, -0.05) is 6.07 Å². The molecule has 1 aliphatic rings. The third-order valence-corrected chi connectivity index (χ3v) is 4.89. The number of aryl methyl sites for hydroxylation is 2. The van der Waals surface area contributed by atoms with Crippen LogP contribution < -0.4 is 10.5 Å². The zero-order valence-corrected chi connectivity index (χ0v) is 14.9. The van der Waals surface area contributed by atoms with Crippen LogP contribution in [-0.2, 0) is 4.79 Å². The molecule has 2 atom stereocenters. The van der Waals surface area contributed by atoms with Crippen molar-refractivity contribution in [3.8, 4) is 5.75 Å². The molecule has 1 heterocycles. The largest absolute Gasteiger partial charge is 0.493 e. The molecule has 4 nitrogen and oxygen atoms in total. The molecule has 0 spiro atoms. The Morgan fingerprint density at radius 1 is 1.39 bits per heavy atom. The lowest BCUT2D eigenvalue weighted by molar-refractivity contribution is -0.133. The Morgan fingerprint density at radius 2 is 2.13 bits per heavy atom. The van der Waals surface area contributed by atoms with Crippen LogP contribution in [0.25, 0.3) is 0 Å². The van der Waals surface area contributed by atoms with Gasteiger partial charge in [-0.2, -0.15) is 0 Å². The van der Waals surface area contributed by atoms with Gasteiger partial charge in [0.15, 0.2) is 0 Å². The molecule has 1 fully saturated rings. The molecule has 1 aromatic carbocycles. The van der Waals surface area contributed by atoms with E-state index >= 15 is 0 Å². The van der Waals surface area contributed by atoms with Crippen molar-refractivity contribution >= 4 is 5.91 Å². The van der Waals surface area contributed by atoms with Gasteiger partial charge in [-0.25, -0.2) is 0 Å². The zero-order chi connectivity index (χ0) is 17.0. The summed E-state index contributed by atoms with van der Waals surface area (Å²) in [6, 6.07) is 4.34. The Hall–Kier alpha value is -1.55. The number of nitrogens with zero attached hydrogens (tertiary/aromatic N) is 1. The van der Waals surface area contributed by atoms with Gasteiger partial charge in [0, 0.05) is 19.1 Å². The van der Waals surface area contributed by atoms with Crippen LogP contribution in [0.3, 0.4) is 0 Å². The van der Waals surface area contributed by atoms with Gasteiger partial charge < -0.3 is 15.4 Å². The maximum Gasteiger partial charge on any atom is 0.226 e. The molecule has 2 N–H and O–H groups in total. The summed E-state index contributed by atoms with van der Waals surface area (Å²) in [5, 5.41) is 0. The predicted octanol–water partition coefficient (Wildman–Crippen LogP) is 2.97. The molecular formula is C19H30N2O2. The molecule has 2 rings (SSSR count). The third kappa shape index (κ3) is 4.71. The number of amides is 1. The third-order valence-electron chi connectivity index (χ3n) is 4.89. The Kier molecular flexibility index (Phi) is 6.05. The fraction of sp³-hybridized carbons (Fsp3) is 0.632. The summed E-state index contributed by atoms with van der Waals surface area (Å²) in [7, 11) is 0. The van der Waals surface area contributed by atoms with Gasteiger partial charge >= 0.3 is 0 Å². The summed E-state index contributed by atoms with van der Waals surface area (Å²) in [5.74, 6) is 1.50. The number of ether oxygens (including phenoxy) is 1. The molecule has 0 bridgehead atoms. The fourth-order valence-electron chi connectivity index (χ4n) is 3.22. The van der Waals surface area contributed by atoms with E-state index in [1.165, 1.54) is 11.1 Å². The number of likely N-dealkylation sites (tertiary alicyclic amines) is 1. The lowest BCUT2D eigenvalue weighted by atomic mass is 9.92. The van der Waals surface area contributed by atoms with E-state index in [-0.39, 0.29) is 11.9 Å². The van der Waals surface area contributed by atoms with E-state index in [2.05, 4.69) is 26.8 Å². The number of carbonyl (C=O) groups excluding carboxylic acids is 1. The average Bonchev–Trinajstić information content (AvgIpc) is 2.51. The molecule has 1 aliphatic heterocycles. The van der Waals surface area contributed by atoms with Crippen molar-refractivity contribution in [3.63, 3.8) is 0 Å². The highest BCUT2D eigenvalue weighted by Gasteiger charge is 2.25. The maximum atomic E-state index is 12.4. The molecule has 1 amide bonds. The quantitative estimate of drug-likeness (QED) is 0.908. The molecule has 128 valence electrons. The van der Waals surface area contributed by atoms with Gasteiger partial charge in [0.1, 0.15) is 5.75 Å². The molecule has 1 aromatic rings. The van der Waals surface area contributed by atoms with Crippen molar-refractivity contribution < 1.29 is 9.53 Å². The average molecular weight is 318 g/mol. The number of hydrogen-bond donors (Lipinski definition) is 1. The lowest BCUT2D eigenvalue weighted by Crippen LogP contribution is -2.45. The van der Waals surface area contributed by atoms with E-state index in [0.29, 0.717) is 18.9 Å². The maximum absolute atomic E-state index is 12.4. The lowest BCUT2D eigenvalue weighted by Gasteiger charge is -2.34. The van der Waals surface area contributed by atoms with E-state index in [0.717, 1.165) is 37.2 Å². The first kappa shape index (κ1) is 17.8. The van der Waals surface area contributed by atoms with Crippen molar-refractivity contribution in [2.45, 2.75) is 53.0 Å². The van der Waals surface area contributed by atoms with Crippen LogP contribution in [0, 0.1) is 26.7 Å². The molecule has 2 unspecified atom stereocenters. The smallest absolute Gasteiger partial charge is 0.226 e. The van der Waals surface area contributed by atoms with Crippen molar-refractivity contribution in [2.75, 3.05) is 19.7 Å². The molecule has 0 aliphatic carbocycles. The van der Waals surface area contributed by atoms with Crippen LogP contribution in [-0.4, -0.2) is 36.5 Å². The first-order valence-corrected chi connectivity index (χ1v) is 8.62. The highest BCUT2D eigenvalue weighted by Crippen LogP contribution is 2.24. The highest BCUT2D eigenvalue weighted by molar-refractivity contribution is 5.76. The minimum absolute atomic E-state index is 0.153. The summed E-state index contributed by atoms with van der Waals surface area (Å²) in [5.41, 5.74) is 9.55. The van der Waals surface area contributed by atoms with Crippen LogP contribution in [0.5, 0.6) is 5.75 Å². The van der Waals surface area contributed by atoms with E-state index in [9.17, 15) is 4.79 Å². The summed E-state index contributed by atoms with van der Waals surface area (Å²) >= 11 is 0. The molecular weight excluding hydrogens is 288 g/mol. The first-order chi connectivity index (χ1) is 10.9. The van der Waals surface area contributed by atoms with E-state index in [1.807, 2.05) is 17.9 Å². The van der Waals surface area contributed by atoms with Crippen LogP contribution >= 0.6 is 0 Å². The number of carbonyl (C=O) groups is 1. The zero-order valence-electron chi connectivity index (χ0n) is 14.9.